The van der Waals surface area contributed by atoms with Gasteiger partial charge in [-0.1, -0.05) is 19.3 Å². The molecule has 1 heterocycles. The highest BCUT2D eigenvalue weighted by molar-refractivity contribution is 4.97. The van der Waals surface area contributed by atoms with E-state index in [1.807, 2.05) is 12.1 Å². The molecule has 84 valence electrons. The predicted molar refractivity (Wildman–Crippen MR) is 61.6 cm³/mol. The first-order valence-corrected chi connectivity index (χ1v) is 6.12. The van der Waals surface area contributed by atoms with Crippen LogP contribution in [0.1, 0.15) is 44.8 Å². The lowest BCUT2D eigenvalue weighted by Gasteiger charge is -2.28. The monoisotopic (exact) mass is 207 g/mol. The molecule has 0 saturated heterocycles. The number of hydrogen-bond acceptors (Lipinski definition) is 2. The maximum absolute atomic E-state index is 5.31. The summed E-state index contributed by atoms with van der Waals surface area (Å²) in [7, 11) is 0. The Morgan fingerprint density at radius 1 is 1.40 bits per heavy atom. The first-order valence-electron chi connectivity index (χ1n) is 6.12. The largest absolute Gasteiger partial charge is 0.468 e. The third-order valence-electron chi connectivity index (χ3n) is 3.54. The van der Waals surface area contributed by atoms with Crippen molar-refractivity contribution in [3.63, 3.8) is 0 Å². The molecule has 0 aromatic carbocycles. The highest BCUT2D eigenvalue weighted by Crippen LogP contribution is 2.26. The molecule has 2 rings (SSSR count). The van der Waals surface area contributed by atoms with Gasteiger partial charge in [0.05, 0.1) is 12.8 Å². The van der Waals surface area contributed by atoms with Gasteiger partial charge in [-0.2, -0.15) is 0 Å². The molecule has 2 nitrogen and oxygen atoms in total. The third kappa shape index (κ3) is 3.10. The van der Waals surface area contributed by atoms with Crippen molar-refractivity contribution < 1.29 is 4.42 Å². The fraction of sp³-hybridized carbons (Fsp3) is 0.692. The van der Waals surface area contributed by atoms with Crippen LogP contribution in [0.4, 0.5) is 0 Å². The van der Waals surface area contributed by atoms with Crippen molar-refractivity contribution in [1.29, 1.82) is 0 Å². The Bertz CT molecular complexity index is 262. The minimum absolute atomic E-state index is 0.621. The number of nitrogens with one attached hydrogen (secondary N) is 1. The molecule has 0 amide bonds. The van der Waals surface area contributed by atoms with Gasteiger partial charge in [0.1, 0.15) is 5.76 Å². The van der Waals surface area contributed by atoms with Crippen LogP contribution < -0.4 is 5.32 Å². The average Bonchev–Trinajstić information content (AvgIpc) is 2.80. The van der Waals surface area contributed by atoms with Crippen molar-refractivity contribution in [3.05, 3.63) is 24.2 Å². The zero-order valence-corrected chi connectivity index (χ0v) is 9.54. The molecule has 1 N–H and O–H groups in total. The minimum Gasteiger partial charge on any atom is -0.468 e. The lowest BCUT2D eigenvalue weighted by atomic mass is 9.84. The molecule has 1 fully saturated rings. The zero-order valence-electron chi connectivity index (χ0n) is 9.54. The fourth-order valence-electron chi connectivity index (χ4n) is 2.48. The molecule has 15 heavy (non-hydrogen) atoms. The van der Waals surface area contributed by atoms with Gasteiger partial charge in [-0.25, -0.2) is 0 Å². The van der Waals surface area contributed by atoms with Crippen LogP contribution in [0, 0.1) is 5.92 Å². The van der Waals surface area contributed by atoms with Crippen molar-refractivity contribution in [2.45, 2.75) is 51.6 Å². The van der Waals surface area contributed by atoms with Gasteiger partial charge in [0.15, 0.2) is 0 Å². The van der Waals surface area contributed by atoms with Gasteiger partial charge >= 0.3 is 0 Å². The molecule has 1 saturated carbocycles. The van der Waals surface area contributed by atoms with Crippen LogP contribution in [0.15, 0.2) is 22.8 Å². The Morgan fingerprint density at radius 2 is 2.20 bits per heavy atom. The average molecular weight is 207 g/mol. The zero-order chi connectivity index (χ0) is 10.5. The van der Waals surface area contributed by atoms with Gasteiger partial charge in [-0.15, -0.1) is 0 Å². The quantitative estimate of drug-likeness (QED) is 0.819. The summed E-state index contributed by atoms with van der Waals surface area (Å²) in [6.45, 7) is 3.17. The van der Waals surface area contributed by atoms with Crippen LogP contribution in [-0.2, 0) is 6.54 Å². The summed E-state index contributed by atoms with van der Waals surface area (Å²) < 4.78 is 5.31. The second kappa shape index (κ2) is 5.36. The first kappa shape index (κ1) is 10.7. The van der Waals surface area contributed by atoms with Crippen molar-refractivity contribution in [2.75, 3.05) is 0 Å². The van der Waals surface area contributed by atoms with Gasteiger partial charge in [0.25, 0.3) is 0 Å². The number of rotatable bonds is 4. The van der Waals surface area contributed by atoms with Crippen molar-refractivity contribution in [3.8, 4) is 0 Å². The molecule has 1 atom stereocenters. The maximum Gasteiger partial charge on any atom is 0.117 e. The van der Waals surface area contributed by atoms with E-state index in [1.165, 1.54) is 32.1 Å². The summed E-state index contributed by atoms with van der Waals surface area (Å²) in [6.07, 6.45) is 8.79. The van der Waals surface area contributed by atoms with E-state index in [9.17, 15) is 0 Å². The number of hydrogen-bond donors (Lipinski definition) is 1. The normalized spacial score (nSPS) is 20.3. The summed E-state index contributed by atoms with van der Waals surface area (Å²) in [5.41, 5.74) is 0. The molecule has 1 aliphatic carbocycles. The third-order valence-corrected chi connectivity index (χ3v) is 3.54. The molecule has 0 bridgehead atoms. The molecule has 1 aromatic heterocycles. The molecule has 2 heteroatoms. The SMILES string of the molecule is C[C@H](NCc1ccco1)C1CCCCC1. The second-order valence-corrected chi connectivity index (χ2v) is 4.65. The van der Waals surface area contributed by atoms with Crippen molar-refractivity contribution >= 4 is 0 Å². The van der Waals surface area contributed by atoms with Crippen LogP contribution in [0.2, 0.25) is 0 Å². The lowest BCUT2D eigenvalue weighted by Crippen LogP contribution is -2.34. The van der Waals surface area contributed by atoms with Crippen LogP contribution >= 0.6 is 0 Å². The van der Waals surface area contributed by atoms with Crippen molar-refractivity contribution in [2.24, 2.45) is 5.92 Å². The van der Waals surface area contributed by atoms with E-state index in [4.69, 9.17) is 4.42 Å². The Kier molecular flexibility index (Phi) is 3.84. The molecular weight excluding hydrogens is 186 g/mol. The maximum atomic E-state index is 5.31. The molecular formula is C13H21NO. The van der Waals surface area contributed by atoms with Crippen LogP contribution in [0.25, 0.3) is 0 Å². The van der Waals surface area contributed by atoms with E-state index < -0.39 is 0 Å². The van der Waals surface area contributed by atoms with E-state index >= 15 is 0 Å². The van der Waals surface area contributed by atoms with Gasteiger partial charge in [0.2, 0.25) is 0 Å². The standard InChI is InChI=1S/C13H21NO/c1-11(12-6-3-2-4-7-12)14-10-13-8-5-9-15-13/h5,8-9,11-12,14H,2-4,6-7,10H2,1H3/t11-/m0/s1. The Balaban J connectivity index is 1.74. The van der Waals surface area contributed by atoms with E-state index in [2.05, 4.69) is 12.2 Å². The van der Waals surface area contributed by atoms with Crippen LogP contribution in [-0.4, -0.2) is 6.04 Å². The molecule has 1 aliphatic rings. The lowest BCUT2D eigenvalue weighted by molar-refractivity contribution is 0.275. The summed E-state index contributed by atoms with van der Waals surface area (Å²) in [4.78, 5) is 0. The second-order valence-electron chi connectivity index (χ2n) is 4.65. The molecule has 0 aliphatic heterocycles. The summed E-state index contributed by atoms with van der Waals surface area (Å²) in [5, 5.41) is 3.56. The topological polar surface area (TPSA) is 25.2 Å². The van der Waals surface area contributed by atoms with Gasteiger partial charge in [-0.3, -0.25) is 0 Å². The van der Waals surface area contributed by atoms with Gasteiger partial charge in [0, 0.05) is 6.04 Å². The van der Waals surface area contributed by atoms with Crippen LogP contribution in [0.3, 0.4) is 0 Å². The summed E-state index contributed by atoms with van der Waals surface area (Å²) >= 11 is 0. The highest BCUT2D eigenvalue weighted by Gasteiger charge is 2.19. The Hall–Kier alpha value is -0.760. The molecule has 0 spiro atoms. The van der Waals surface area contributed by atoms with Gasteiger partial charge in [-0.05, 0) is 37.8 Å². The van der Waals surface area contributed by atoms with E-state index in [0.29, 0.717) is 6.04 Å². The Labute approximate surface area is 92.1 Å². The van der Waals surface area contributed by atoms with E-state index in [1.54, 1.807) is 6.26 Å². The summed E-state index contributed by atoms with van der Waals surface area (Å²) in [6, 6.07) is 4.60. The number of furan rings is 1. The predicted octanol–water partition coefficient (Wildman–Crippen LogP) is 3.34. The van der Waals surface area contributed by atoms with Crippen LogP contribution in [0.5, 0.6) is 0 Å². The summed E-state index contributed by atoms with van der Waals surface area (Å²) in [5.74, 6) is 1.91. The minimum atomic E-state index is 0.621. The van der Waals surface area contributed by atoms with E-state index in [-0.39, 0.29) is 0 Å². The van der Waals surface area contributed by atoms with E-state index in [0.717, 1.165) is 18.2 Å². The molecule has 1 aromatic rings. The Morgan fingerprint density at radius 3 is 2.87 bits per heavy atom. The van der Waals surface area contributed by atoms with Gasteiger partial charge < -0.3 is 9.73 Å². The fourth-order valence-corrected chi connectivity index (χ4v) is 2.48. The first-order chi connectivity index (χ1) is 7.36. The highest BCUT2D eigenvalue weighted by atomic mass is 16.3. The molecule has 0 radical (unpaired) electrons. The van der Waals surface area contributed by atoms with Crippen molar-refractivity contribution in [1.82, 2.24) is 5.32 Å². The smallest absolute Gasteiger partial charge is 0.117 e. The molecule has 0 unspecified atom stereocenters.